The summed E-state index contributed by atoms with van der Waals surface area (Å²) in [6.45, 7) is 4.21. The summed E-state index contributed by atoms with van der Waals surface area (Å²) < 4.78 is 36.3. The van der Waals surface area contributed by atoms with Gasteiger partial charge in [-0.3, -0.25) is 9.10 Å². The van der Waals surface area contributed by atoms with Crippen LogP contribution in [0.2, 0.25) is 10.0 Å². The van der Waals surface area contributed by atoms with Crippen molar-refractivity contribution in [2.75, 3.05) is 30.3 Å². The number of nitrogens with one attached hydrogen (secondary N) is 1. The van der Waals surface area contributed by atoms with Crippen LogP contribution in [0, 0.1) is 0 Å². The summed E-state index contributed by atoms with van der Waals surface area (Å²) in [5, 5.41) is 4.34. The summed E-state index contributed by atoms with van der Waals surface area (Å²) in [5.74, 6) is 0.530. The zero-order valence-corrected chi connectivity index (χ0v) is 19.6. The Balaban J connectivity index is 2.10. The lowest BCUT2D eigenvalue weighted by atomic mass is 10.2. The normalized spacial score (nSPS) is 11.4. The second-order valence-corrected chi connectivity index (χ2v) is 8.95. The quantitative estimate of drug-likeness (QED) is 0.406. The molecule has 0 aliphatic heterocycles. The first kappa shape index (κ1) is 24.8. The van der Waals surface area contributed by atoms with Crippen molar-refractivity contribution in [1.82, 2.24) is 5.43 Å². The lowest BCUT2D eigenvalue weighted by Crippen LogP contribution is -2.39. The molecule has 1 amide bonds. The van der Waals surface area contributed by atoms with Crippen LogP contribution in [0.1, 0.15) is 19.4 Å². The molecule has 31 heavy (non-hydrogen) atoms. The van der Waals surface area contributed by atoms with Gasteiger partial charge in [0.15, 0.2) is 11.5 Å². The monoisotopic (exact) mass is 487 g/mol. The molecule has 0 spiro atoms. The fourth-order valence-electron chi connectivity index (χ4n) is 2.53. The van der Waals surface area contributed by atoms with E-state index in [4.69, 9.17) is 32.7 Å². The second kappa shape index (κ2) is 11.2. The van der Waals surface area contributed by atoms with Gasteiger partial charge >= 0.3 is 0 Å². The molecule has 2 aromatic rings. The van der Waals surface area contributed by atoms with Gasteiger partial charge in [0.25, 0.3) is 5.91 Å². The number of hydrazone groups is 1. The number of ether oxygens (including phenoxy) is 2. The van der Waals surface area contributed by atoms with Crippen LogP contribution >= 0.6 is 23.2 Å². The number of hydrogen-bond acceptors (Lipinski definition) is 6. The van der Waals surface area contributed by atoms with Gasteiger partial charge in [-0.05, 0) is 55.8 Å². The minimum atomic E-state index is -3.75. The standard InChI is InChI=1S/C20H23Cl2N3O5S/c1-4-29-18-9-6-14(10-19(18)30-5-2)12-23-24-20(26)13-25(31(3,27)28)15-7-8-16(21)17(22)11-15/h6-12H,4-5,13H2,1-3H3,(H,24,26)/b23-12-. The Labute approximate surface area is 191 Å². The molecular weight excluding hydrogens is 465 g/mol. The Hall–Kier alpha value is -2.49. The average molecular weight is 488 g/mol. The predicted octanol–water partition coefficient (Wildman–Crippen LogP) is 3.71. The Morgan fingerprint density at radius 2 is 1.74 bits per heavy atom. The molecule has 0 heterocycles. The first-order valence-corrected chi connectivity index (χ1v) is 11.9. The van der Waals surface area contributed by atoms with Crippen LogP contribution in [-0.4, -0.2) is 46.6 Å². The van der Waals surface area contributed by atoms with Gasteiger partial charge in [0.05, 0.1) is 41.4 Å². The predicted molar refractivity (Wildman–Crippen MR) is 123 cm³/mol. The number of carbonyl (C=O) groups excluding carboxylic acids is 1. The molecule has 2 aromatic carbocycles. The van der Waals surface area contributed by atoms with Crippen LogP contribution in [0.3, 0.4) is 0 Å². The lowest BCUT2D eigenvalue weighted by molar-refractivity contribution is -0.119. The van der Waals surface area contributed by atoms with E-state index in [1.165, 1.54) is 24.4 Å². The van der Waals surface area contributed by atoms with Gasteiger partial charge in [-0.1, -0.05) is 23.2 Å². The number of carbonyl (C=O) groups is 1. The minimum Gasteiger partial charge on any atom is -0.490 e. The van der Waals surface area contributed by atoms with Gasteiger partial charge < -0.3 is 9.47 Å². The van der Waals surface area contributed by atoms with Crippen LogP contribution in [0.5, 0.6) is 11.5 Å². The van der Waals surface area contributed by atoms with Crippen LogP contribution < -0.4 is 19.2 Å². The number of anilines is 1. The highest BCUT2D eigenvalue weighted by molar-refractivity contribution is 7.92. The third-order valence-corrected chi connectivity index (χ3v) is 5.73. The molecule has 168 valence electrons. The fraction of sp³-hybridized carbons (Fsp3) is 0.300. The number of benzene rings is 2. The van der Waals surface area contributed by atoms with E-state index >= 15 is 0 Å². The number of halogens is 2. The molecule has 0 saturated heterocycles. The summed E-state index contributed by atoms with van der Waals surface area (Å²) in [4.78, 5) is 12.3. The first-order chi connectivity index (χ1) is 14.7. The number of sulfonamides is 1. The van der Waals surface area contributed by atoms with Crippen molar-refractivity contribution in [3.05, 3.63) is 52.0 Å². The number of amides is 1. The summed E-state index contributed by atoms with van der Waals surface area (Å²) in [6.07, 6.45) is 2.40. The number of hydrogen-bond donors (Lipinski definition) is 1. The topological polar surface area (TPSA) is 97.3 Å². The highest BCUT2D eigenvalue weighted by Crippen LogP contribution is 2.29. The van der Waals surface area contributed by atoms with Gasteiger partial charge in [0.1, 0.15) is 6.54 Å². The number of nitrogens with zero attached hydrogens (tertiary/aromatic N) is 2. The lowest BCUT2D eigenvalue weighted by Gasteiger charge is -2.21. The van der Waals surface area contributed by atoms with Gasteiger partial charge in [-0.25, -0.2) is 13.8 Å². The van der Waals surface area contributed by atoms with Gasteiger partial charge in [0, 0.05) is 0 Å². The molecule has 0 aliphatic rings. The molecule has 8 nitrogen and oxygen atoms in total. The van der Waals surface area contributed by atoms with Gasteiger partial charge in [0.2, 0.25) is 10.0 Å². The maximum Gasteiger partial charge on any atom is 0.260 e. The van der Waals surface area contributed by atoms with E-state index in [9.17, 15) is 13.2 Å². The third kappa shape index (κ3) is 7.30. The van der Waals surface area contributed by atoms with Crippen LogP contribution in [0.25, 0.3) is 0 Å². The van der Waals surface area contributed by atoms with Crippen molar-refractivity contribution >= 4 is 51.0 Å². The zero-order valence-electron chi connectivity index (χ0n) is 17.3. The second-order valence-electron chi connectivity index (χ2n) is 6.23. The summed E-state index contributed by atoms with van der Waals surface area (Å²) in [5.41, 5.74) is 3.19. The molecule has 0 saturated carbocycles. The average Bonchev–Trinajstić information content (AvgIpc) is 2.70. The largest absolute Gasteiger partial charge is 0.490 e. The van der Waals surface area contributed by atoms with Crippen LogP contribution in [0.4, 0.5) is 5.69 Å². The van der Waals surface area contributed by atoms with E-state index in [1.54, 1.807) is 18.2 Å². The maximum absolute atomic E-state index is 12.3. The Morgan fingerprint density at radius 1 is 1.06 bits per heavy atom. The van der Waals surface area contributed by atoms with E-state index in [0.717, 1.165) is 10.6 Å². The molecule has 1 N–H and O–H groups in total. The van der Waals surface area contributed by atoms with Crippen molar-refractivity contribution in [3.8, 4) is 11.5 Å². The van der Waals surface area contributed by atoms with E-state index < -0.39 is 22.5 Å². The van der Waals surface area contributed by atoms with Crippen molar-refractivity contribution < 1.29 is 22.7 Å². The number of rotatable bonds is 10. The van der Waals surface area contributed by atoms with E-state index in [0.29, 0.717) is 30.3 Å². The zero-order chi connectivity index (χ0) is 23.0. The van der Waals surface area contributed by atoms with Gasteiger partial charge in [-0.15, -0.1) is 0 Å². The highest BCUT2D eigenvalue weighted by Gasteiger charge is 2.21. The molecule has 0 atom stereocenters. The van der Waals surface area contributed by atoms with Gasteiger partial charge in [-0.2, -0.15) is 5.10 Å². The molecule has 0 aromatic heterocycles. The molecular formula is C20H23Cl2N3O5S. The molecule has 2 rings (SSSR count). The summed E-state index contributed by atoms with van der Waals surface area (Å²) >= 11 is 11.8. The molecule has 0 fully saturated rings. The fourth-order valence-corrected chi connectivity index (χ4v) is 3.67. The maximum atomic E-state index is 12.3. The van der Waals surface area contributed by atoms with E-state index in [2.05, 4.69) is 10.5 Å². The van der Waals surface area contributed by atoms with Crippen LogP contribution in [-0.2, 0) is 14.8 Å². The third-order valence-electron chi connectivity index (χ3n) is 3.85. The minimum absolute atomic E-state index is 0.173. The van der Waals surface area contributed by atoms with Crippen molar-refractivity contribution in [2.24, 2.45) is 5.10 Å². The first-order valence-electron chi connectivity index (χ1n) is 9.30. The smallest absolute Gasteiger partial charge is 0.260 e. The Kier molecular flexibility index (Phi) is 8.97. The van der Waals surface area contributed by atoms with Crippen molar-refractivity contribution in [1.29, 1.82) is 0 Å². The molecule has 0 bridgehead atoms. The van der Waals surface area contributed by atoms with Crippen LogP contribution in [0.15, 0.2) is 41.5 Å². The summed E-state index contributed by atoms with van der Waals surface area (Å²) in [6, 6.07) is 9.50. The van der Waals surface area contributed by atoms with Crippen molar-refractivity contribution in [2.45, 2.75) is 13.8 Å². The highest BCUT2D eigenvalue weighted by atomic mass is 35.5. The van der Waals surface area contributed by atoms with E-state index in [1.807, 2.05) is 13.8 Å². The molecule has 0 radical (unpaired) electrons. The SMILES string of the molecule is CCOc1ccc(/C=N\NC(=O)CN(c2ccc(Cl)c(Cl)c2)S(C)(=O)=O)cc1OCC. The molecule has 0 unspecified atom stereocenters. The molecule has 0 aliphatic carbocycles. The Bertz CT molecular complexity index is 1060. The molecule has 11 heteroatoms. The van der Waals surface area contributed by atoms with E-state index in [-0.39, 0.29) is 15.7 Å². The Morgan fingerprint density at radius 3 is 2.35 bits per heavy atom. The summed E-state index contributed by atoms with van der Waals surface area (Å²) in [7, 11) is -3.75. The van der Waals surface area contributed by atoms with Crippen molar-refractivity contribution in [3.63, 3.8) is 0 Å².